The van der Waals surface area contributed by atoms with Gasteiger partial charge in [-0.1, -0.05) is 17.7 Å². The van der Waals surface area contributed by atoms with E-state index in [0.717, 1.165) is 10.1 Å². The molecule has 0 radical (unpaired) electrons. The van der Waals surface area contributed by atoms with Crippen LogP contribution >= 0.6 is 11.6 Å². The minimum absolute atomic E-state index is 0.181. The van der Waals surface area contributed by atoms with Gasteiger partial charge in [0.1, 0.15) is 0 Å². The van der Waals surface area contributed by atoms with Crippen molar-refractivity contribution in [3.05, 3.63) is 74.1 Å². The maximum atomic E-state index is 12.3. The third-order valence-corrected chi connectivity index (χ3v) is 3.24. The van der Waals surface area contributed by atoms with E-state index >= 15 is 0 Å². The fourth-order valence-corrected chi connectivity index (χ4v) is 2.22. The molecule has 3 rings (SSSR count). The predicted molar refractivity (Wildman–Crippen MR) is 77.2 cm³/mol. The first-order chi connectivity index (χ1) is 9.65. The summed E-state index contributed by atoms with van der Waals surface area (Å²) in [6.07, 6.45) is 3.26. The summed E-state index contributed by atoms with van der Waals surface area (Å²) in [7, 11) is 0. The van der Waals surface area contributed by atoms with Gasteiger partial charge in [0.2, 0.25) is 0 Å². The number of hydrogen-bond acceptors (Lipinski definition) is 3. The highest BCUT2D eigenvalue weighted by Gasteiger charge is 2.08. The molecule has 0 fully saturated rings. The number of nitrogens with zero attached hydrogens (tertiary/aromatic N) is 2. The molecular weight excluding hydrogens is 278 g/mol. The van der Waals surface area contributed by atoms with E-state index in [9.17, 15) is 9.59 Å². The van der Waals surface area contributed by atoms with Crippen LogP contribution in [-0.2, 0) is 6.54 Å². The van der Waals surface area contributed by atoms with Crippen LogP contribution in [-0.4, -0.2) is 14.5 Å². The van der Waals surface area contributed by atoms with Gasteiger partial charge in [-0.3, -0.25) is 14.3 Å². The number of pyridine rings is 1. The van der Waals surface area contributed by atoms with Crippen LogP contribution < -0.4 is 11.2 Å². The Kier molecular flexibility index (Phi) is 3.12. The molecule has 5 nitrogen and oxygen atoms in total. The van der Waals surface area contributed by atoms with E-state index in [-0.39, 0.29) is 12.1 Å². The normalized spacial score (nSPS) is 10.8. The Morgan fingerprint density at radius 2 is 2.10 bits per heavy atom. The lowest BCUT2D eigenvalue weighted by Crippen LogP contribution is -2.35. The Bertz CT molecular complexity index is 884. The minimum atomic E-state index is -0.464. The van der Waals surface area contributed by atoms with E-state index in [1.165, 1.54) is 0 Å². The highest BCUT2D eigenvalue weighted by Crippen LogP contribution is 2.13. The summed E-state index contributed by atoms with van der Waals surface area (Å²) in [5.41, 5.74) is 0.418. The van der Waals surface area contributed by atoms with Crippen molar-refractivity contribution in [2.75, 3.05) is 0 Å². The summed E-state index contributed by atoms with van der Waals surface area (Å²) >= 11 is 5.85. The van der Waals surface area contributed by atoms with Crippen LogP contribution in [0.15, 0.2) is 52.3 Å². The fraction of sp³-hybridized carbons (Fsp3) is 0.0714. The zero-order valence-corrected chi connectivity index (χ0v) is 11.1. The molecule has 20 heavy (non-hydrogen) atoms. The number of hydrogen-bond donors (Lipinski definition) is 1. The van der Waals surface area contributed by atoms with Crippen molar-refractivity contribution in [3.63, 3.8) is 0 Å². The number of aromatic nitrogens is 3. The molecule has 6 heteroatoms. The van der Waals surface area contributed by atoms with Crippen LogP contribution in [0.2, 0.25) is 5.02 Å². The van der Waals surface area contributed by atoms with Crippen LogP contribution in [0.3, 0.4) is 0 Å². The third-order valence-electron chi connectivity index (χ3n) is 3.01. The van der Waals surface area contributed by atoms with Crippen molar-refractivity contribution in [2.45, 2.75) is 6.54 Å². The zero-order valence-electron chi connectivity index (χ0n) is 10.3. The molecule has 2 heterocycles. The summed E-state index contributed by atoms with van der Waals surface area (Å²) in [5, 5.41) is 0.899. The Balaban J connectivity index is 2.19. The quantitative estimate of drug-likeness (QED) is 0.781. The Morgan fingerprint density at radius 3 is 2.85 bits per heavy atom. The number of aromatic amines is 1. The summed E-state index contributed by atoms with van der Waals surface area (Å²) in [5.74, 6) is 0. The number of benzene rings is 1. The number of rotatable bonds is 2. The van der Waals surface area contributed by atoms with E-state index in [1.807, 2.05) is 6.07 Å². The average molecular weight is 288 g/mol. The number of nitrogens with one attached hydrogen (secondary N) is 1. The molecule has 0 atom stereocenters. The molecule has 100 valence electrons. The molecule has 1 N–H and O–H groups in total. The zero-order chi connectivity index (χ0) is 14.1. The molecule has 1 aromatic carbocycles. The van der Waals surface area contributed by atoms with E-state index in [4.69, 9.17) is 11.6 Å². The Labute approximate surface area is 118 Å². The first kappa shape index (κ1) is 12.6. The molecule has 2 aromatic heterocycles. The minimum Gasteiger partial charge on any atom is -0.307 e. The molecule has 0 aliphatic rings. The average Bonchev–Trinajstić information content (AvgIpc) is 2.44. The number of halogens is 1. The summed E-state index contributed by atoms with van der Waals surface area (Å²) in [6.45, 7) is 0.181. The van der Waals surface area contributed by atoms with Gasteiger partial charge in [0, 0.05) is 17.4 Å². The smallest absolute Gasteiger partial charge is 0.307 e. The maximum Gasteiger partial charge on any atom is 0.329 e. The van der Waals surface area contributed by atoms with Crippen molar-refractivity contribution in [1.29, 1.82) is 0 Å². The van der Waals surface area contributed by atoms with Gasteiger partial charge >= 0.3 is 5.69 Å². The summed E-state index contributed by atoms with van der Waals surface area (Å²) < 4.78 is 1.15. The molecule has 0 bridgehead atoms. The van der Waals surface area contributed by atoms with Crippen molar-refractivity contribution < 1.29 is 0 Å². The Morgan fingerprint density at radius 1 is 1.25 bits per heavy atom. The lowest BCUT2D eigenvalue weighted by atomic mass is 10.2. The molecule has 0 aliphatic heterocycles. The van der Waals surface area contributed by atoms with Crippen molar-refractivity contribution in [1.82, 2.24) is 14.5 Å². The van der Waals surface area contributed by atoms with Gasteiger partial charge in [0.15, 0.2) is 0 Å². The summed E-state index contributed by atoms with van der Waals surface area (Å²) in [4.78, 5) is 31.0. The topological polar surface area (TPSA) is 67.8 Å². The van der Waals surface area contributed by atoms with Gasteiger partial charge in [-0.15, -0.1) is 0 Å². The molecular formula is C14H10ClN3O2. The second-order valence-electron chi connectivity index (χ2n) is 4.37. The van der Waals surface area contributed by atoms with Crippen LogP contribution in [0.25, 0.3) is 10.9 Å². The third kappa shape index (κ3) is 2.23. The molecule has 0 spiro atoms. The maximum absolute atomic E-state index is 12.3. The van der Waals surface area contributed by atoms with Crippen LogP contribution in [0.5, 0.6) is 0 Å². The van der Waals surface area contributed by atoms with Crippen molar-refractivity contribution >= 4 is 22.5 Å². The molecule has 0 saturated carbocycles. The van der Waals surface area contributed by atoms with Gasteiger partial charge in [-0.05, 0) is 29.8 Å². The van der Waals surface area contributed by atoms with Crippen molar-refractivity contribution in [2.24, 2.45) is 0 Å². The summed E-state index contributed by atoms with van der Waals surface area (Å²) in [6, 6.07) is 8.36. The van der Waals surface area contributed by atoms with Gasteiger partial charge in [-0.2, -0.15) is 0 Å². The fourth-order valence-electron chi connectivity index (χ4n) is 2.04. The molecule has 3 aromatic rings. The van der Waals surface area contributed by atoms with Crippen molar-refractivity contribution in [3.8, 4) is 0 Å². The highest BCUT2D eigenvalue weighted by atomic mass is 35.5. The standard InChI is InChI=1S/C14H10ClN3O2/c15-10-3-4-11-12(6-10)17-14(20)18(13(11)19)8-9-2-1-5-16-7-9/h1-7H,8H2,(H,17,20). The monoisotopic (exact) mass is 287 g/mol. The van der Waals surface area contributed by atoms with Gasteiger partial charge in [-0.25, -0.2) is 4.79 Å². The van der Waals surface area contributed by atoms with Gasteiger partial charge in [0.25, 0.3) is 5.56 Å². The molecule has 0 amide bonds. The molecule has 0 unspecified atom stereocenters. The highest BCUT2D eigenvalue weighted by molar-refractivity contribution is 6.31. The van der Waals surface area contributed by atoms with E-state index in [0.29, 0.717) is 15.9 Å². The van der Waals surface area contributed by atoms with Crippen LogP contribution in [0.1, 0.15) is 5.56 Å². The Hall–Kier alpha value is -2.40. The predicted octanol–water partition coefficient (Wildman–Crippen LogP) is 1.79. The largest absolute Gasteiger partial charge is 0.329 e. The second kappa shape index (κ2) is 4.94. The van der Waals surface area contributed by atoms with E-state index in [1.54, 1.807) is 36.7 Å². The lowest BCUT2D eigenvalue weighted by molar-refractivity contribution is 0.709. The van der Waals surface area contributed by atoms with Gasteiger partial charge < -0.3 is 4.98 Å². The lowest BCUT2D eigenvalue weighted by Gasteiger charge is -2.06. The van der Waals surface area contributed by atoms with Crippen LogP contribution in [0.4, 0.5) is 0 Å². The number of H-pyrrole nitrogens is 1. The molecule has 0 aliphatic carbocycles. The second-order valence-corrected chi connectivity index (χ2v) is 4.81. The molecule has 0 saturated heterocycles. The van der Waals surface area contributed by atoms with Gasteiger partial charge in [0.05, 0.1) is 17.4 Å². The first-order valence-corrected chi connectivity index (χ1v) is 6.34. The first-order valence-electron chi connectivity index (χ1n) is 5.96. The van der Waals surface area contributed by atoms with Crippen LogP contribution in [0, 0.1) is 0 Å². The number of fused-ring (bicyclic) bond motifs is 1. The van der Waals surface area contributed by atoms with E-state index in [2.05, 4.69) is 9.97 Å². The van der Waals surface area contributed by atoms with E-state index < -0.39 is 5.69 Å². The SMILES string of the molecule is O=c1[nH]c2cc(Cl)ccc2c(=O)n1Cc1cccnc1.